The number of aryl methyl sites for hydroxylation is 1. The lowest BCUT2D eigenvalue weighted by Crippen LogP contribution is -2.32. The first kappa shape index (κ1) is 18.7. The van der Waals surface area contributed by atoms with E-state index >= 15 is 0 Å². The van der Waals surface area contributed by atoms with Gasteiger partial charge in [-0.3, -0.25) is 9.69 Å². The second-order valence-corrected chi connectivity index (χ2v) is 7.67. The minimum absolute atomic E-state index is 0.120. The van der Waals surface area contributed by atoms with Gasteiger partial charge in [0.05, 0.1) is 0 Å². The molecule has 0 N–H and O–H groups in total. The molecule has 1 saturated heterocycles. The lowest BCUT2D eigenvalue weighted by Gasteiger charge is -2.30. The summed E-state index contributed by atoms with van der Waals surface area (Å²) in [7, 11) is 0. The van der Waals surface area contributed by atoms with Crippen LogP contribution in [0.3, 0.4) is 0 Å². The zero-order valence-electron chi connectivity index (χ0n) is 16.6. The van der Waals surface area contributed by atoms with E-state index in [1.54, 1.807) is 6.08 Å². The number of para-hydroxylation sites is 1. The van der Waals surface area contributed by atoms with Crippen molar-refractivity contribution >= 4 is 16.7 Å². The Kier molecular flexibility index (Phi) is 5.73. The van der Waals surface area contributed by atoms with Crippen LogP contribution in [0.5, 0.6) is 0 Å². The molecule has 3 heteroatoms. The Morgan fingerprint density at radius 3 is 2.50 bits per heavy atom. The molecule has 0 spiro atoms. The van der Waals surface area contributed by atoms with Crippen LogP contribution in [0.1, 0.15) is 35.7 Å². The molecule has 3 aromatic rings. The first-order valence-electron chi connectivity index (χ1n) is 10.3. The number of hydrogen-bond acceptors (Lipinski definition) is 2. The van der Waals surface area contributed by atoms with Crippen LogP contribution in [-0.2, 0) is 13.1 Å². The zero-order valence-corrected chi connectivity index (χ0v) is 16.6. The molecule has 1 aromatic heterocycles. The number of fused-ring (bicyclic) bond motifs is 1. The first-order valence-corrected chi connectivity index (χ1v) is 10.3. The number of ketones is 1. The fourth-order valence-electron chi connectivity index (χ4n) is 4.16. The molecule has 2 heterocycles. The maximum absolute atomic E-state index is 12.8. The van der Waals surface area contributed by atoms with Crippen LogP contribution in [0.2, 0.25) is 0 Å². The minimum Gasteiger partial charge on any atom is -0.347 e. The number of piperidine rings is 1. The minimum atomic E-state index is 0.120. The third-order valence-electron chi connectivity index (χ3n) is 5.80. The number of carbonyl (C=O) groups excluding carboxylic acids is 1. The molecular weight excluding hydrogens is 344 g/mol. The lowest BCUT2D eigenvalue weighted by atomic mass is 9.95. The van der Waals surface area contributed by atoms with Gasteiger partial charge in [-0.05, 0) is 56.5 Å². The van der Waals surface area contributed by atoms with E-state index in [1.165, 1.54) is 5.56 Å². The van der Waals surface area contributed by atoms with Gasteiger partial charge < -0.3 is 4.57 Å². The Balaban J connectivity index is 1.37. The third kappa shape index (κ3) is 4.10. The molecule has 1 aliphatic heterocycles. The Labute approximate surface area is 167 Å². The smallest absolute Gasteiger partial charge is 0.187 e. The quantitative estimate of drug-likeness (QED) is 0.433. The SMILES string of the molecule is CCn1cc(C(=O)/C=C/C2CCN(Cc3ccccc3)CC2)c2ccccc21. The summed E-state index contributed by atoms with van der Waals surface area (Å²) in [6, 6.07) is 18.8. The van der Waals surface area contributed by atoms with E-state index in [2.05, 4.69) is 58.9 Å². The number of nitrogens with zero attached hydrogens (tertiary/aromatic N) is 2. The van der Waals surface area contributed by atoms with Gasteiger partial charge in [0.15, 0.2) is 5.78 Å². The summed E-state index contributed by atoms with van der Waals surface area (Å²) in [5.41, 5.74) is 3.32. The second-order valence-electron chi connectivity index (χ2n) is 7.67. The fourth-order valence-corrected chi connectivity index (χ4v) is 4.16. The topological polar surface area (TPSA) is 25.2 Å². The normalized spacial score (nSPS) is 16.2. The summed E-state index contributed by atoms with van der Waals surface area (Å²) in [6.45, 7) is 6.18. The maximum atomic E-state index is 12.8. The van der Waals surface area contributed by atoms with Crippen LogP contribution >= 0.6 is 0 Å². The van der Waals surface area contributed by atoms with Gasteiger partial charge in [0, 0.05) is 35.8 Å². The van der Waals surface area contributed by atoms with Gasteiger partial charge in [0.2, 0.25) is 0 Å². The highest BCUT2D eigenvalue weighted by molar-refractivity contribution is 6.13. The number of benzene rings is 2. The molecule has 0 amide bonds. The predicted octanol–water partition coefficient (Wildman–Crippen LogP) is 5.31. The van der Waals surface area contributed by atoms with Crippen molar-refractivity contribution in [2.75, 3.05) is 13.1 Å². The molecule has 4 rings (SSSR count). The van der Waals surface area contributed by atoms with Crippen molar-refractivity contribution in [3.8, 4) is 0 Å². The highest BCUT2D eigenvalue weighted by atomic mass is 16.1. The summed E-state index contributed by atoms with van der Waals surface area (Å²) in [4.78, 5) is 15.3. The van der Waals surface area contributed by atoms with Crippen molar-refractivity contribution in [3.63, 3.8) is 0 Å². The first-order chi connectivity index (χ1) is 13.7. The molecule has 0 saturated carbocycles. The molecule has 1 aliphatic rings. The summed E-state index contributed by atoms with van der Waals surface area (Å²) in [5.74, 6) is 0.616. The average Bonchev–Trinajstić information content (AvgIpc) is 3.13. The monoisotopic (exact) mass is 372 g/mol. The van der Waals surface area contributed by atoms with Gasteiger partial charge in [-0.25, -0.2) is 0 Å². The third-order valence-corrected chi connectivity index (χ3v) is 5.80. The van der Waals surface area contributed by atoms with Crippen LogP contribution in [0, 0.1) is 5.92 Å². The summed E-state index contributed by atoms with van der Waals surface area (Å²) < 4.78 is 2.15. The number of hydrogen-bond donors (Lipinski definition) is 0. The Morgan fingerprint density at radius 1 is 1.04 bits per heavy atom. The molecule has 1 fully saturated rings. The van der Waals surface area contributed by atoms with Crippen molar-refractivity contribution in [1.29, 1.82) is 0 Å². The van der Waals surface area contributed by atoms with Crippen LogP contribution in [0.15, 0.2) is 72.9 Å². The molecule has 0 radical (unpaired) electrons. The molecule has 3 nitrogen and oxygen atoms in total. The molecule has 0 aliphatic carbocycles. The van der Waals surface area contributed by atoms with E-state index in [0.717, 1.165) is 55.5 Å². The maximum Gasteiger partial charge on any atom is 0.187 e. The van der Waals surface area contributed by atoms with Crippen molar-refractivity contribution in [2.45, 2.75) is 32.9 Å². The molecule has 144 valence electrons. The van der Waals surface area contributed by atoms with E-state index in [1.807, 2.05) is 24.4 Å². The molecule has 0 unspecified atom stereocenters. The summed E-state index contributed by atoms with van der Waals surface area (Å²) in [5, 5.41) is 1.05. The van der Waals surface area contributed by atoms with Crippen molar-refractivity contribution in [2.24, 2.45) is 5.92 Å². The van der Waals surface area contributed by atoms with Crippen molar-refractivity contribution in [1.82, 2.24) is 9.47 Å². The Hall–Kier alpha value is -2.65. The van der Waals surface area contributed by atoms with Gasteiger partial charge in [-0.15, -0.1) is 0 Å². The standard InChI is InChI=1S/C25H28N2O/c1-2-27-19-23(22-10-6-7-11-24(22)27)25(28)13-12-20-14-16-26(17-15-20)18-21-8-4-3-5-9-21/h3-13,19-20H,2,14-18H2,1H3/b13-12+. The van der Waals surface area contributed by atoms with Crippen LogP contribution < -0.4 is 0 Å². The van der Waals surface area contributed by atoms with E-state index in [-0.39, 0.29) is 5.78 Å². The fraction of sp³-hybridized carbons (Fsp3) is 0.320. The van der Waals surface area contributed by atoms with E-state index < -0.39 is 0 Å². The van der Waals surface area contributed by atoms with E-state index in [9.17, 15) is 4.79 Å². The number of carbonyl (C=O) groups is 1. The number of allylic oxidation sites excluding steroid dienone is 2. The number of likely N-dealkylation sites (tertiary alicyclic amines) is 1. The second kappa shape index (κ2) is 8.57. The lowest BCUT2D eigenvalue weighted by molar-refractivity contribution is 0.104. The average molecular weight is 373 g/mol. The highest BCUT2D eigenvalue weighted by Gasteiger charge is 2.18. The van der Waals surface area contributed by atoms with Gasteiger partial charge >= 0.3 is 0 Å². The number of rotatable bonds is 6. The molecule has 28 heavy (non-hydrogen) atoms. The Morgan fingerprint density at radius 2 is 1.75 bits per heavy atom. The largest absolute Gasteiger partial charge is 0.347 e. The molecule has 0 atom stereocenters. The summed E-state index contributed by atoms with van der Waals surface area (Å²) in [6.07, 6.45) is 8.18. The van der Waals surface area contributed by atoms with Gasteiger partial charge in [-0.2, -0.15) is 0 Å². The van der Waals surface area contributed by atoms with Crippen LogP contribution in [0.4, 0.5) is 0 Å². The molecule has 0 bridgehead atoms. The van der Waals surface area contributed by atoms with Crippen molar-refractivity contribution < 1.29 is 4.79 Å². The molecular formula is C25H28N2O. The number of aromatic nitrogens is 1. The van der Waals surface area contributed by atoms with Gasteiger partial charge in [0.25, 0.3) is 0 Å². The van der Waals surface area contributed by atoms with Crippen LogP contribution in [0.25, 0.3) is 10.9 Å². The highest BCUT2D eigenvalue weighted by Crippen LogP contribution is 2.24. The van der Waals surface area contributed by atoms with E-state index in [4.69, 9.17) is 0 Å². The van der Waals surface area contributed by atoms with Crippen LogP contribution in [-0.4, -0.2) is 28.3 Å². The van der Waals surface area contributed by atoms with E-state index in [0.29, 0.717) is 5.92 Å². The summed E-state index contributed by atoms with van der Waals surface area (Å²) >= 11 is 0. The Bertz CT molecular complexity index is 963. The molecule has 2 aromatic carbocycles. The van der Waals surface area contributed by atoms with Gasteiger partial charge in [-0.1, -0.05) is 54.6 Å². The predicted molar refractivity (Wildman–Crippen MR) is 116 cm³/mol. The van der Waals surface area contributed by atoms with Gasteiger partial charge in [0.1, 0.15) is 0 Å². The zero-order chi connectivity index (χ0) is 19.3. The van der Waals surface area contributed by atoms with Crippen molar-refractivity contribution in [3.05, 3.63) is 84.1 Å².